The zero-order chi connectivity index (χ0) is 19.9. The van der Waals surface area contributed by atoms with E-state index >= 15 is 0 Å². The molecular weight excluding hydrogens is 358 g/mol. The van der Waals surface area contributed by atoms with Crippen molar-refractivity contribution >= 4 is 23.4 Å². The van der Waals surface area contributed by atoms with Crippen molar-refractivity contribution < 1.29 is 19.5 Å². The van der Waals surface area contributed by atoms with Gasteiger partial charge >= 0.3 is 11.8 Å². The second-order valence-corrected chi connectivity index (χ2v) is 6.64. The Kier molecular flexibility index (Phi) is 6.39. The van der Waals surface area contributed by atoms with Crippen molar-refractivity contribution in [2.45, 2.75) is 18.9 Å². The van der Waals surface area contributed by atoms with Crippen molar-refractivity contribution in [3.63, 3.8) is 0 Å². The third kappa shape index (κ3) is 4.75. The topological polar surface area (TPSA) is 98.7 Å². The summed E-state index contributed by atoms with van der Waals surface area (Å²) in [5.41, 5.74) is 1.29. The summed E-state index contributed by atoms with van der Waals surface area (Å²) in [6.45, 7) is 1.29. The minimum atomic E-state index is -0.915. The molecule has 7 nitrogen and oxygen atoms in total. The Labute approximate surface area is 163 Å². The van der Waals surface area contributed by atoms with Gasteiger partial charge in [0, 0.05) is 19.6 Å². The first kappa shape index (κ1) is 19.6. The molecule has 1 aliphatic rings. The molecule has 7 heteroatoms. The predicted octanol–water partition coefficient (Wildman–Crippen LogP) is 1.71. The fourth-order valence-electron chi connectivity index (χ4n) is 3.11. The fraction of sp³-hybridized carbons (Fsp3) is 0.286. The molecule has 0 aromatic heterocycles. The van der Waals surface area contributed by atoms with E-state index in [1.807, 2.05) is 6.07 Å². The van der Waals surface area contributed by atoms with Crippen molar-refractivity contribution in [1.29, 1.82) is 0 Å². The maximum absolute atomic E-state index is 12.6. The first-order chi connectivity index (χ1) is 13.6. The van der Waals surface area contributed by atoms with Crippen LogP contribution in [0.3, 0.4) is 0 Å². The van der Waals surface area contributed by atoms with E-state index in [-0.39, 0.29) is 12.5 Å². The monoisotopic (exact) mass is 381 g/mol. The molecular formula is C21H23N3O4. The highest BCUT2D eigenvalue weighted by molar-refractivity contribution is 6.40. The Morgan fingerprint density at radius 2 is 1.57 bits per heavy atom. The second kappa shape index (κ2) is 9.14. The predicted molar refractivity (Wildman–Crippen MR) is 105 cm³/mol. The molecule has 3 N–H and O–H groups in total. The van der Waals surface area contributed by atoms with Crippen LogP contribution in [-0.2, 0) is 9.59 Å². The molecule has 1 aliphatic heterocycles. The van der Waals surface area contributed by atoms with Crippen molar-refractivity contribution in [3.05, 3.63) is 65.7 Å². The number of nitrogens with one attached hydrogen (secondary N) is 2. The normalized spacial score (nSPS) is 14.4. The van der Waals surface area contributed by atoms with Crippen molar-refractivity contribution in [1.82, 2.24) is 10.2 Å². The minimum Gasteiger partial charge on any atom is -0.387 e. The summed E-state index contributed by atoms with van der Waals surface area (Å²) >= 11 is 0. The van der Waals surface area contributed by atoms with E-state index in [9.17, 15) is 19.5 Å². The second-order valence-electron chi connectivity index (χ2n) is 6.64. The Hall–Kier alpha value is -3.19. The molecule has 0 bridgehead atoms. The quantitative estimate of drug-likeness (QED) is 0.687. The molecule has 28 heavy (non-hydrogen) atoms. The molecule has 146 valence electrons. The molecule has 2 aromatic rings. The molecule has 1 atom stereocenters. The number of hydrogen-bond acceptors (Lipinski definition) is 4. The molecule has 1 saturated heterocycles. The van der Waals surface area contributed by atoms with Gasteiger partial charge in [0.05, 0.1) is 17.4 Å². The highest BCUT2D eigenvalue weighted by atomic mass is 16.3. The van der Waals surface area contributed by atoms with Crippen LogP contribution in [0.25, 0.3) is 0 Å². The van der Waals surface area contributed by atoms with E-state index in [2.05, 4.69) is 10.6 Å². The first-order valence-corrected chi connectivity index (χ1v) is 9.27. The molecule has 1 heterocycles. The number of rotatable bonds is 5. The smallest absolute Gasteiger partial charge is 0.313 e. The number of para-hydroxylation sites is 1. The van der Waals surface area contributed by atoms with E-state index in [0.717, 1.165) is 12.8 Å². The average Bonchev–Trinajstić information content (AvgIpc) is 3.27. The molecule has 0 spiro atoms. The Morgan fingerprint density at radius 3 is 2.29 bits per heavy atom. The lowest BCUT2D eigenvalue weighted by atomic mass is 10.1. The van der Waals surface area contributed by atoms with Gasteiger partial charge < -0.3 is 20.6 Å². The highest BCUT2D eigenvalue weighted by Gasteiger charge is 2.23. The van der Waals surface area contributed by atoms with E-state index in [1.165, 1.54) is 0 Å². The van der Waals surface area contributed by atoms with Gasteiger partial charge in [-0.3, -0.25) is 14.4 Å². The maximum atomic E-state index is 12.6. The average molecular weight is 381 g/mol. The number of likely N-dealkylation sites (tertiary alicyclic amines) is 1. The zero-order valence-electron chi connectivity index (χ0n) is 15.4. The fourth-order valence-corrected chi connectivity index (χ4v) is 3.11. The van der Waals surface area contributed by atoms with Crippen molar-refractivity contribution in [2.24, 2.45) is 0 Å². The van der Waals surface area contributed by atoms with E-state index in [1.54, 1.807) is 53.4 Å². The van der Waals surface area contributed by atoms with Gasteiger partial charge in [-0.2, -0.15) is 0 Å². The van der Waals surface area contributed by atoms with E-state index in [4.69, 9.17) is 0 Å². The van der Waals surface area contributed by atoms with Gasteiger partial charge in [-0.15, -0.1) is 0 Å². The standard InChI is InChI=1S/C21H23N3O4/c25-18(15-8-2-1-3-9-15)14-22-19(26)20(27)23-17-11-5-4-10-16(17)21(28)24-12-6-7-13-24/h1-5,8-11,18,25H,6-7,12-14H2,(H,22,26)(H,23,27)/t18-/m0/s1. The highest BCUT2D eigenvalue weighted by Crippen LogP contribution is 2.20. The lowest BCUT2D eigenvalue weighted by molar-refractivity contribution is -0.136. The van der Waals surface area contributed by atoms with Crippen LogP contribution < -0.4 is 10.6 Å². The van der Waals surface area contributed by atoms with Crippen LogP contribution in [0.4, 0.5) is 5.69 Å². The number of aliphatic hydroxyl groups excluding tert-OH is 1. The largest absolute Gasteiger partial charge is 0.387 e. The van der Waals surface area contributed by atoms with Gasteiger partial charge in [-0.1, -0.05) is 42.5 Å². The number of amides is 3. The summed E-state index contributed by atoms with van der Waals surface area (Å²) < 4.78 is 0. The third-order valence-corrected chi connectivity index (χ3v) is 4.65. The van der Waals surface area contributed by atoms with Gasteiger partial charge in [-0.25, -0.2) is 0 Å². The molecule has 0 saturated carbocycles. The van der Waals surface area contributed by atoms with Gasteiger partial charge in [-0.05, 0) is 30.5 Å². The number of benzene rings is 2. The number of nitrogens with zero attached hydrogens (tertiary/aromatic N) is 1. The molecule has 0 aliphatic carbocycles. The van der Waals surface area contributed by atoms with Crippen LogP contribution in [0.1, 0.15) is 34.9 Å². The molecule has 3 rings (SSSR count). The SMILES string of the molecule is O=C(NC[C@H](O)c1ccccc1)C(=O)Nc1ccccc1C(=O)N1CCCC1. The minimum absolute atomic E-state index is 0.0926. The van der Waals surface area contributed by atoms with Crippen LogP contribution >= 0.6 is 0 Å². The maximum Gasteiger partial charge on any atom is 0.313 e. The number of carbonyl (C=O) groups excluding carboxylic acids is 3. The third-order valence-electron chi connectivity index (χ3n) is 4.65. The summed E-state index contributed by atoms with van der Waals surface area (Å²) in [6, 6.07) is 15.5. The summed E-state index contributed by atoms with van der Waals surface area (Å²) in [7, 11) is 0. The van der Waals surface area contributed by atoms with E-state index in [0.29, 0.717) is 29.9 Å². The van der Waals surface area contributed by atoms with E-state index < -0.39 is 17.9 Å². The first-order valence-electron chi connectivity index (χ1n) is 9.27. The van der Waals surface area contributed by atoms with Crippen LogP contribution in [0.15, 0.2) is 54.6 Å². The summed E-state index contributed by atoms with van der Waals surface area (Å²) in [6.07, 6.45) is 1.01. The molecule has 3 amide bonds. The lowest BCUT2D eigenvalue weighted by Crippen LogP contribution is -2.38. The van der Waals surface area contributed by atoms with Crippen LogP contribution in [0.5, 0.6) is 0 Å². The number of hydrogen-bond donors (Lipinski definition) is 3. The van der Waals surface area contributed by atoms with Crippen LogP contribution in [0.2, 0.25) is 0 Å². The molecule has 2 aromatic carbocycles. The molecule has 0 unspecified atom stereocenters. The summed E-state index contributed by atoms with van der Waals surface area (Å²) in [5.74, 6) is -1.92. The molecule has 0 radical (unpaired) electrons. The zero-order valence-corrected chi connectivity index (χ0v) is 15.4. The Balaban J connectivity index is 1.60. The number of aliphatic hydroxyl groups is 1. The lowest BCUT2D eigenvalue weighted by Gasteiger charge is -2.18. The summed E-state index contributed by atoms with van der Waals surface area (Å²) in [5, 5.41) is 15.0. The number of anilines is 1. The van der Waals surface area contributed by atoms with Crippen molar-refractivity contribution in [2.75, 3.05) is 25.0 Å². The van der Waals surface area contributed by atoms with Gasteiger partial charge in [0.25, 0.3) is 5.91 Å². The Morgan fingerprint density at radius 1 is 0.929 bits per heavy atom. The van der Waals surface area contributed by atoms with Crippen LogP contribution in [-0.4, -0.2) is 47.4 Å². The van der Waals surface area contributed by atoms with Gasteiger partial charge in [0.1, 0.15) is 0 Å². The Bertz CT molecular complexity index is 848. The van der Waals surface area contributed by atoms with Gasteiger partial charge in [0.15, 0.2) is 0 Å². The summed E-state index contributed by atoms with van der Waals surface area (Å²) in [4.78, 5) is 38.7. The van der Waals surface area contributed by atoms with Crippen molar-refractivity contribution in [3.8, 4) is 0 Å². The van der Waals surface area contributed by atoms with Crippen LogP contribution in [0, 0.1) is 0 Å². The van der Waals surface area contributed by atoms with Gasteiger partial charge in [0.2, 0.25) is 0 Å². The number of carbonyl (C=O) groups is 3. The molecule has 1 fully saturated rings.